The molecule has 3 rings (SSSR count). The zero-order valence-electron chi connectivity index (χ0n) is 13.1. The predicted molar refractivity (Wildman–Crippen MR) is 87.8 cm³/mol. The number of hydrogen-bond acceptors (Lipinski definition) is 3. The van der Waals surface area contributed by atoms with E-state index in [1.165, 1.54) is 32.1 Å². The molecule has 1 aliphatic carbocycles. The van der Waals surface area contributed by atoms with E-state index >= 15 is 0 Å². The summed E-state index contributed by atoms with van der Waals surface area (Å²) in [5.74, 6) is 1.25. The lowest BCUT2D eigenvalue weighted by Crippen LogP contribution is -2.22. The van der Waals surface area contributed by atoms with Gasteiger partial charge in [0, 0.05) is 0 Å². The first kappa shape index (κ1) is 15.6. The number of imide groups is 1. The van der Waals surface area contributed by atoms with E-state index in [4.69, 9.17) is 4.74 Å². The van der Waals surface area contributed by atoms with Crippen LogP contribution in [-0.4, -0.2) is 18.5 Å². The average Bonchev–Trinajstić information content (AvgIpc) is 2.88. The van der Waals surface area contributed by atoms with Gasteiger partial charge in [-0.05, 0) is 36.1 Å². The van der Waals surface area contributed by atoms with Crippen molar-refractivity contribution in [1.29, 1.82) is 0 Å². The number of carbonyl (C=O) groups is 2. The maximum Gasteiger partial charge on any atom is 0.326 e. The number of carbonyl (C=O) groups excluding carboxylic acids is 2. The fourth-order valence-electron chi connectivity index (χ4n) is 3.13. The molecule has 0 unspecified atom stereocenters. The van der Waals surface area contributed by atoms with E-state index in [1.54, 1.807) is 6.08 Å². The van der Waals surface area contributed by atoms with E-state index in [0.29, 0.717) is 0 Å². The number of hydrogen-bond donors (Lipinski definition) is 2. The van der Waals surface area contributed by atoms with Gasteiger partial charge in [-0.2, -0.15) is 0 Å². The third kappa shape index (κ3) is 4.34. The Balaban J connectivity index is 1.50. The van der Waals surface area contributed by atoms with E-state index in [2.05, 4.69) is 10.6 Å². The van der Waals surface area contributed by atoms with Gasteiger partial charge in [-0.25, -0.2) is 4.79 Å². The van der Waals surface area contributed by atoms with E-state index in [1.807, 2.05) is 24.3 Å². The smallest absolute Gasteiger partial charge is 0.326 e. The van der Waals surface area contributed by atoms with Gasteiger partial charge in [0.1, 0.15) is 11.4 Å². The maximum atomic E-state index is 11.5. The lowest BCUT2D eigenvalue weighted by molar-refractivity contribution is -0.115. The summed E-state index contributed by atoms with van der Waals surface area (Å²) >= 11 is 0. The standard InChI is InChI=1S/C18H22N2O3/c21-17-16(19-18(22)20-17)12-14-6-8-15(9-7-14)23-11-10-13-4-2-1-3-5-13/h6-9,12-13H,1-5,10-11H2,(H2,19,20,21,22)/b16-12-. The van der Waals surface area contributed by atoms with E-state index < -0.39 is 11.9 Å². The van der Waals surface area contributed by atoms with Crippen LogP contribution in [0.3, 0.4) is 0 Å². The van der Waals surface area contributed by atoms with Crippen LogP contribution >= 0.6 is 0 Å². The molecule has 2 N–H and O–H groups in total. The summed E-state index contributed by atoms with van der Waals surface area (Å²) in [5.41, 5.74) is 1.11. The van der Waals surface area contributed by atoms with Gasteiger partial charge in [-0.3, -0.25) is 10.1 Å². The zero-order valence-corrected chi connectivity index (χ0v) is 13.1. The maximum absolute atomic E-state index is 11.5. The molecule has 0 atom stereocenters. The lowest BCUT2D eigenvalue weighted by atomic mass is 9.87. The van der Waals surface area contributed by atoms with Crippen LogP contribution in [0.25, 0.3) is 6.08 Å². The molecule has 1 aromatic rings. The Morgan fingerprint density at radius 3 is 2.43 bits per heavy atom. The van der Waals surface area contributed by atoms with Gasteiger partial charge in [0.2, 0.25) is 0 Å². The SMILES string of the molecule is O=C1NC(=O)/C(=C/c2ccc(OCCC3CCCCC3)cc2)N1. The summed E-state index contributed by atoms with van der Waals surface area (Å²) in [6, 6.07) is 7.05. The fraction of sp³-hybridized carbons (Fsp3) is 0.444. The topological polar surface area (TPSA) is 67.4 Å². The molecule has 1 aromatic carbocycles. The Kier molecular flexibility index (Phi) is 4.95. The van der Waals surface area contributed by atoms with Crippen molar-refractivity contribution in [3.05, 3.63) is 35.5 Å². The van der Waals surface area contributed by atoms with Crippen molar-refractivity contribution in [1.82, 2.24) is 10.6 Å². The van der Waals surface area contributed by atoms with Crippen molar-refractivity contribution < 1.29 is 14.3 Å². The Labute approximate surface area is 136 Å². The Morgan fingerprint density at radius 2 is 1.78 bits per heavy atom. The molecular weight excluding hydrogens is 292 g/mol. The predicted octanol–water partition coefficient (Wildman–Crippen LogP) is 3.22. The number of urea groups is 1. The number of amides is 3. The van der Waals surface area contributed by atoms with E-state index in [0.717, 1.165) is 30.3 Å². The minimum atomic E-state index is -0.482. The van der Waals surface area contributed by atoms with Gasteiger partial charge in [-0.15, -0.1) is 0 Å². The molecule has 5 nitrogen and oxygen atoms in total. The molecule has 1 heterocycles. The highest BCUT2D eigenvalue weighted by atomic mass is 16.5. The van der Waals surface area contributed by atoms with Crippen molar-refractivity contribution in [3.63, 3.8) is 0 Å². The number of nitrogens with one attached hydrogen (secondary N) is 2. The quantitative estimate of drug-likeness (QED) is 0.648. The van der Waals surface area contributed by atoms with Gasteiger partial charge < -0.3 is 10.1 Å². The van der Waals surface area contributed by atoms with Gasteiger partial charge in [0.05, 0.1) is 6.61 Å². The zero-order chi connectivity index (χ0) is 16.1. The van der Waals surface area contributed by atoms with Crippen LogP contribution in [-0.2, 0) is 4.79 Å². The first-order valence-electron chi connectivity index (χ1n) is 8.27. The van der Waals surface area contributed by atoms with Crippen LogP contribution in [0.1, 0.15) is 44.1 Å². The number of rotatable bonds is 5. The summed E-state index contributed by atoms with van der Waals surface area (Å²) in [5, 5.41) is 4.64. The van der Waals surface area contributed by atoms with Gasteiger partial charge in [0.25, 0.3) is 5.91 Å². The molecule has 0 radical (unpaired) electrons. The van der Waals surface area contributed by atoms with Crippen LogP contribution in [0.4, 0.5) is 4.79 Å². The third-order valence-electron chi connectivity index (χ3n) is 4.43. The lowest BCUT2D eigenvalue weighted by Gasteiger charge is -2.21. The summed E-state index contributed by atoms with van der Waals surface area (Å²) < 4.78 is 5.80. The number of benzene rings is 1. The van der Waals surface area contributed by atoms with Crippen molar-refractivity contribution >= 4 is 18.0 Å². The summed E-state index contributed by atoms with van der Waals surface area (Å²) in [7, 11) is 0. The Morgan fingerprint density at radius 1 is 1.04 bits per heavy atom. The first-order chi connectivity index (χ1) is 11.2. The molecule has 2 aliphatic rings. The molecule has 1 aliphatic heterocycles. The molecule has 122 valence electrons. The number of ether oxygens (including phenoxy) is 1. The monoisotopic (exact) mass is 314 g/mol. The molecule has 5 heteroatoms. The minimum absolute atomic E-state index is 0.265. The second-order valence-electron chi connectivity index (χ2n) is 6.18. The molecule has 23 heavy (non-hydrogen) atoms. The molecule has 0 aromatic heterocycles. The molecule has 0 bridgehead atoms. The fourth-order valence-corrected chi connectivity index (χ4v) is 3.13. The largest absolute Gasteiger partial charge is 0.494 e. The van der Waals surface area contributed by atoms with Crippen LogP contribution in [0.15, 0.2) is 30.0 Å². The van der Waals surface area contributed by atoms with Crippen LogP contribution in [0.5, 0.6) is 5.75 Å². The normalized spacial score (nSPS) is 20.4. The second-order valence-corrected chi connectivity index (χ2v) is 6.18. The Hall–Kier alpha value is -2.30. The molecular formula is C18H22N2O3. The molecule has 1 saturated carbocycles. The van der Waals surface area contributed by atoms with Crippen LogP contribution in [0.2, 0.25) is 0 Å². The second kappa shape index (κ2) is 7.31. The van der Waals surface area contributed by atoms with Crippen molar-refractivity contribution in [2.24, 2.45) is 5.92 Å². The van der Waals surface area contributed by atoms with Crippen molar-refractivity contribution in [2.75, 3.05) is 6.61 Å². The van der Waals surface area contributed by atoms with Crippen molar-refractivity contribution in [2.45, 2.75) is 38.5 Å². The van der Waals surface area contributed by atoms with Gasteiger partial charge >= 0.3 is 6.03 Å². The Bertz CT molecular complexity index is 601. The van der Waals surface area contributed by atoms with Gasteiger partial charge in [0.15, 0.2) is 0 Å². The molecule has 3 amide bonds. The average molecular weight is 314 g/mol. The van der Waals surface area contributed by atoms with Crippen molar-refractivity contribution in [3.8, 4) is 5.75 Å². The van der Waals surface area contributed by atoms with Gasteiger partial charge in [-0.1, -0.05) is 44.2 Å². The first-order valence-corrected chi connectivity index (χ1v) is 8.27. The highest BCUT2D eigenvalue weighted by Gasteiger charge is 2.22. The summed E-state index contributed by atoms with van der Waals surface area (Å²) in [6.45, 7) is 0.754. The summed E-state index contributed by atoms with van der Waals surface area (Å²) in [4.78, 5) is 22.5. The molecule has 0 spiro atoms. The van der Waals surface area contributed by atoms with Crippen LogP contribution < -0.4 is 15.4 Å². The highest BCUT2D eigenvalue weighted by Crippen LogP contribution is 2.26. The van der Waals surface area contributed by atoms with E-state index in [9.17, 15) is 9.59 Å². The molecule has 1 saturated heterocycles. The minimum Gasteiger partial charge on any atom is -0.494 e. The van der Waals surface area contributed by atoms with Crippen LogP contribution in [0, 0.1) is 5.92 Å². The van der Waals surface area contributed by atoms with E-state index in [-0.39, 0.29) is 5.70 Å². The third-order valence-corrected chi connectivity index (χ3v) is 4.43. The highest BCUT2D eigenvalue weighted by molar-refractivity contribution is 6.13. The molecule has 2 fully saturated rings. The summed E-state index contributed by atoms with van der Waals surface area (Å²) in [6.07, 6.45) is 9.54.